The molecule has 0 unspecified atom stereocenters. The number of aromatic amines is 1. The molecule has 7 rings (SSSR count). The number of H-pyrrole nitrogens is 1. The van der Waals surface area contributed by atoms with E-state index in [-0.39, 0.29) is 5.91 Å². The van der Waals surface area contributed by atoms with Crippen molar-refractivity contribution in [1.29, 1.82) is 0 Å². The van der Waals surface area contributed by atoms with Crippen LogP contribution < -0.4 is 10.1 Å². The van der Waals surface area contributed by atoms with Gasteiger partial charge in [-0.05, 0) is 47.7 Å². The SMILES string of the molecule is O=C1NCCOc2cc(-c3[nH]nc4ncc(-c5ccc6c(c5)CCC5(CC6)OCCO5)cc34)ccc21. The number of ether oxygens (including phenoxy) is 3. The van der Waals surface area contributed by atoms with Crippen molar-refractivity contribution in [2.75, 3.05) is 26.4 Å². The van der Waals surface area contributed by atoms with Crippen molar-refractivity contribution in [3.63, 3.8) is 0 Å². The van der Waals surface area contributed by atoms with Crippen LogP contribution in [0.15, 0.2) is 48.7 Å². The summed E-state index contributed by atoms with van der Waals surface area (Å²) in [5.41, 5.74) is 7.80. The number of nitrogens with one attached hydrogen (secondary N) is 2. The molecular weight excluding hydrogens is 456 g/mol. The molecule has 0 atom stereocenters. The van der Waals surface area contributed by atoms with E-state index in [9.17, 15) is 4.79 Å². The molecule has 2 aromatic carbocycles. The lowest BCUT2D eigenvalue weighted by Gasteiger charge is -2.25. The van der Waals surface area contributed by atoms with Gasteiger partial charge in [0.25, 0.3) is 5.91 Å². The topological polar surface area (TPSA) is 98.4 Å². The van der Waals surface area contributed by atoms with E-state index >= 15 is 0 Å². The van der Waals surface area contributed by atoms with Gasteiger partial charge in [-0.15, -0.1) is 0 Å². The van der Waals surface area contributed by atoms with E-state index in [2.05, 4.69) is 44.8 Å². The van der Waals surface area contributed by atoms with Crippen molar-refractivity contribution in [1.82, 2.24) is 20.5 Å². The predicted octanol–water partition coefficient (Wildman–Crippen LogP) is 4.04. The lowest BCUT2D eigenvalue weighted by atomic mass is 9.96. The second-order valence-electron chi connectivity index (χ2n) is 9.60. The summed E-state index contributed by atoms with van der Waals surface area (Å²) < 4.78 is 17.8. The number of aromatic nitrogens is 3. The molecule has 0 radical (unpaired) electrons. The molecule has 1 saturated heterocycles. The molecule has 0 bridgehead atoms. The van der Waals surface area contributed by atoms with Gasteiger partial charge in [-0.3, -0.25) is 9.89 Å². The molecule has 3 aliphatic rings. The van der Waals surface area contributed by atoms with Gasteiger partial charge < -0.3 is 19.5 Å². The maximum atomic E-state index is 12.3. The third kappa shape index (κ3) is 3.65. The van der Waals surface area contributed by atoms with Gasteiger partial charge >= 0.3 is 0 Å². The summed E-state index contributed by atoms with van der Waals surface area (Å²) in [6, 6.07) is 14.4. The van der Waals surface area contributed by atoms with Gasteiger partial charge in [0.15, 0.2) is 11.4 Å². The summed E-state index contributed by atoms with van der Waals surface area (Å²) in [7, 11) is 0. The number of fused-ring (bicyclic) bond motifs is 3. The summed E-state index contributed by atoms with van der Waals surface area (Å²) in [6.45, 7) is 2.30. The summed E-state index contributed by atoms with van der Waals surface area (Å²) in [6.07, 6.45) is 5.54. The van der Waals surface area contributed by atoms with Crippen molar-refractivity contribution in [2.24, 2.45) is 0 Å². The fraction of sp³-hybridized carbons (Fsp3) is 0.321. The number of nitrogens with zero attached hydrogens (tertiary/aromatic N) is 2. The fourth-order valence-electron chi connectivity index (χ4n) is 5.53. The van der Waals surface area contributed by atoms with Crippen LogP contribution in [0.25, 0.3) is 33.4 Å². The van der Waals surface area contributed by atoms with Crippen LogP contribution in [0, 0.1) is 0 Å². The van der Waals surface area contributed by atoms with Gasteiger partial charge in [0.1, 0.15) is 12.4 Å². The molecule has 8 heteroatoms. The normalized spacial score (nSPS) is 18.7. The van der Waals surface area contributed by atoms with Crippen molar-refractivity contribution in [3.05, 3.63) is 65.4 Å². The zero-order valence-corrected chi connectivity index (χ0v) is 19.8. The summed E-state index contributed by atoms with van der Waals surface area (Å²) in [5.74, 6) is 0.0460. The molecule has 182 valence electrons. The molecule has 1 amide bonds. The minimum Gasteiger partial charge on any atom is -0.491 e. The van der Waals surface area contributed by atoms with Crippen molar-refractivity contribution in [3.8, 4) is 28.1 Å². The average molecular weight is 483 g/mol. The Morgan fingerprint density at radius 2 is 1.69 bits per heavy atom. The quantitative estimate of drug-likeness (QED) is 0.448. The number of benzene rings is 2. The van der Waals surface area contributed by atoms with E-state index in [1.165, 1.54) is 11.1 Å². The maximum Gasteiger partial charge on any atom is 0.255 e. The van der Waals surface area contributed by atoms with Crippen LogP contribution >= 0.6 is 0 Å². The van der Waals surface area contributed by atoms with Crippen LogP contribution in [0.5, 0.6) is 5.75 Å². The number of carbonyl (C=O) groups excluding carboxylic acids is 1. The first-order valence-corrected chi connectivity index (χ1v) is 12.5. The highest BCUT2D eigenvalue weighted by Crippen LogP contribution is 2.37. The van der Waals surface area contributed by atoms with Crippen LogP contribution in [0.2, 0.25) is 0 Å². The first-order chi connectivity index (χ1) is 17.7. The highest BCUT2D eigenvalue weighted by Gasteiger charge is 2.37. The third-order valence-corrected chi connectivity index (χ3v) is 7.47. The summed E-state index contributed by atoms with van der Waals surface area (Å²) in [4.78, 5) is 16.9. The van der Waals surface area contributed by atoms with E-state index in [1.807, 2.05) is 18.3 Å². The number of amides is 1. The molecule has 2 aliphatic heterocycles. The Labute approximate surface area is 208 Å². The van der Waals surface area contributed by atoms with Crippen LogP contribution in [0.4, 0.5) is 0 Å². The number of hydrogen-bond donors (Lipinski definition) is 2. The minimum atomic E-state index is -0.413. The molecule has 1 spiro atoms. The summed E-state index contributed by atoms with van der Waals surface area (Å²) >= 11 is 0. The van der Waals surface area contributed by atoms with Gasteiger partial charge in [0, 0.05) is 35.6 Å². The molecule has 4 aromatic rings. The minimum absolute atomic E-state index is 0.118. The van der Waals surface area contributed by atoms with Gasteiger partial charge in [-0.25, -0.2) is 4.98 Å². The van der Waals surface area contributed by atoms with E-state index in [4.69, 9.17) is 14.2 Å². The Morgan fingerprint density at radius 1 is 0.861 bits per heavy atom. The van der Waals surface area contributed by atoms with Gasteiger partial charge in [0.2, 0.25) is 0 Å². The van der Waals surface area contributed by atoms with Gasteiger partial charge in [-0.1, -0.05) is 24.3 Å². The molecule has 2 aromatic heterocycles. The lowest BCUT2D eigenvalue weighted by Crippen LogP contribution is -2.30. The molecular formula is C28H26N4O4. The number of carbonyl (C=O) groups is 1. The molecule has 1 fully saturated rings. The van der Waals surface area contributed by atoms with Crippen LogP contribution in [-0.2, 0) is 22.3 Å². The van der Waals surface area contributed by atoms with Crippen molar-refractivity contribution in [2.45, 2.75) is 31.5 Å². The number of hydrogen-bond acceptors (Lipinski definition) is 6. The van der Waals surface area contributed by atoms with E-state index < -0.39 is 5.79 Å². The van der Waals surface area contributed by atoms with Crippen LogP contribution in [0.1, 0.15) is 34.3 Å². The summed E-state index contributed by atoms with van der Waals surface area (Å²) in [5, 5.41) is 11.3. The number of pyridine rings is 1. The van der Waals surface area contributed by atoms with Gasteiger partial charge in [0.05, 0.1) is 31.0 Å². The standard InChI is InChI=1S/C28H26N4O4/c33-27-22-4-3-20(15-24(22)34-10-9-29-27)25-23-14-21(16-30-26(23)32-31-25)18-2-1-17-5-7-28(35-11-12-36-28)8-6-19(17)13-18/h1-4,13-16H,5-12H2,(H,29,33)(H,30,31,32). The largest absolute Gasteiger partial charge is 0.491 e. The number of aryl methyl sites for hydroxylation is 2. The second kappa shape index (κ2) is 8.43. The van der Waals surface area contributed by atoms with Crippen LogP contribution in [0.3, 0.4) is 0 Å². The highest BCUT2D eigenvalue weighted by atomic mass is 16.7. The lowest BCUT2D eigenvalue weighted by molar-refractivity contribution is -0.164. The Bertz CT molecular complexity index is 1490. The van der Waals surface area contributed by atoms with Crippen LogP contribution in [-0.4, -0.2) is 53.2 Å². The monoisotopic (exact) mass is 482 g/mol. The second-order valence-corrected chi connectivity index (χ2v) is 9.60. The predicted molar refractivity (Wildman–Crippen MR) is 134 cm³/mol. The van der Waals surface area contributed by atoms with Gasteiger partial charge in [-0.2, -0.15) is 5.10 Å². The first kappa shape index (κ1) is 21.5. The van der Waals surface area contributed by atoms with Crippen molar-refractivity contribution >= 4 is 16.9 Å². The van der Waals surface area contributed by atoms with E-state index in [1.54, 1.807) is 6.07 Å². The Morgan fingerprint density at radius 3 is 2.58 bits per heavy atom. The average Bonchev–Trinajstić information content (AvgIpc) is 3.46. The van der Waals surface area contributed by atoms with Crippen molar-refractivity contribution < 1.29 is 19.0 Å². The van der Waals surface area contributed by atoms with E-state index in [0.29, 0.717) is 43.3 Å². The maximum absolute atomic E-state index is 12.3. The molecule has 4 heterocycles. The van der Waals surface area contributed by atoms with E-state index in [0.717, 1.165) is 53.5 Å². The molecule has 2 N–H and O–H groups in total. The Balaban J connectivity index is 1.24. The number of rotatable bonds is 2. The Kier molecular flexibility index (Phi) is 5.04. The smallest absolute Gasteiger partial charge is 0.255 e. The first-order valence-electron chi connectivity index (χ1n) is 12.5. The molecule has 1 aliphatic carbocycles. The molecule has 36 heavy (non-hydrogen) atoms. The molecule has 8 nitrogen and oxygen atoms in total. The fourth-order valence-corrected chi connectivity index (χ4v) is 5.53. The third-order valence-electron chi connectivity index (χ3n) is 7.47. The Hall–Kier alpha value is -3.75. The zero-order chi connectivity index (χ0) is 24.1. The zero-order valence-electron chi connectivity index (χ0n) is 19.8. The molecule has 0 saturated carbocycles. The highest BCUT2D eigenvalue weighted by molar-refractivity contribution is 5.99.